The molecule has 0 atom stereocenters. The summed E-state index contributed by atoms with van der Waals surface area (Å²) in [5, 5.41) is 12.8. The van der Waals surface area contributed by atoms with E-state index in [4.69, 9.17) is 14.2 Å². The number of amides is 2. The van der Waals surface area contributed by atoms with E-state index in [1.165, 1.54) is 30.6 Å². The predicted molar refractivity (Wildman–Crippen MR) is 141 cm³/mol. The van der Waals surface area contributed by atoms with Gasteiger partial charge in [0, 0.05) is 30.3 Å². The fourth-order valence-corrected chi connectivity index (χ4v) is 4.73. The number of aromatic nitrogens is 1. The SMILES string of the molecule is COc1cc(NC(=O)c2sc(-c3ccc(F)cc3)nc2CCO)ccc1OC1CN(C(=O)OC(C)(C)C)C1. The van der Waals surface area contributed by atoms with E-state index in [0.29, 0.717) is 51.4 Å². The number of likely N-dealkylation sites (tertiary alicyclic amines) is 1. The van der Waals surface area contributed by atoms with Crippen molar-refractivity contribution in [2.24, 2.45) is 0 Å². The lowest BCUT2D eigenvalue weighted by molar-refractivity contribution is -0.0226. The Morgan fingerprint density at radius 2 is 1.87 bits per heavy atom. The second-order valence-corrected chi connectivity index (χ2v) is 10.7. The van der Waals surface area contributed by atoms with Crippen LogP contribution in [0.15, 0.2) is 42.5 Å². The van der Waals surface area contributed by atoms with Gasteiger partial charge in [0.1, 0.15) is 27.4 Å². The van der Waals surface area contributed by atoms with Crippen molar-refractivity contribution in [3.63, 3.8) is 0 Å². The van der Waals surface area contributed by atoms with Crippen molar-refractivity contribution in [2.45, 2.75) is 38.9 Å². The molecular weight excluding hydrogens is 513 g/mol. The minimum Gasteiger partial charge on any atom is -0.493 e. The predicted octanol–water partition coefficient (Wildman–Crippen LogP) is 4.74. The summed E-state index contributed by atoms with van der Waals surface area (Å²) in [5.74, 6) is 0.155. The highest BCUT2D eigenvalue weighted by Crippen LogP contribution is 2.34. The van der Waals surface area contributed by atoms with Gasteiger partial charge < -0.3 is 29.5 Å². The van der Waals surface area contributed by atoms with Gasteiger partial charge in [-0.1, -0.05) is 0 Å². The number of hydrogen-bond acceptors (Lipinski definition) is 8. The molecule has 0 radical (unpaired) electrons. The van der Waals surface area contributed by atoms with Gasteiger partial charge in [-0.3, -0.25) is 4.79 Å². The highest BCUT2D eigenvalue weighted by molar-refractivity contribution is 7.17. The molecule has 2 N–H and O–H groups in total. The Bertz CT molecular complexity index is 1300. The number of carbonyl (C=O) groups excluding carboxylic acids is 2. The molecule has 2 amide bonds. The Morgan fingerprint density at radius 3 is 2.50 bits per heavy atom. The number of halogens is 1. The molecular formula is C27H30FN3O6S. The molecule has 11 heteroatoms. The maximum atomic E-state index is 13.3. The minimum absolute atomic E-state index is 0.167. The van der Waals surface area contributed by atoms with Crippen LogP contribution in [0.4, 0.5) is 14.9 Å². The molecule has 0 spiro atoms. The topological polar surface area (TPSA) is 110 Å². The van der Waals surface area contributed by atoms with Crippen LogP contribution in [0.25, 0.3) is 10.6 Å². The first-order chi connectivity index (χ1) is 18.1. The number of ether oxygens (including phenoxy) is 3. The number of aliphatic hydroxyl groups is 1. The average Bonchev–Trinajstić information content (AvgIpc) is 3.25. The van der Waals surface area contributed by atoms with E-state index < -0.39 is 5.60 Å². The number of hydrogen-bond donors (Lipinski definition) is 2. The fourth-order valence-electron chi connectivity index (χ4n) is 3.72. The lowest BCUT2D eigenvalue weighted by Crippen LogP contribution is -2.57. The number of aliphatic hydroxyl groups excluding tert-OH is 1. The third-order valence-electron chi connectivity index (χ3n) is 5.56. The van der Waals surface area contributed by atoms with Crippen molar-refractivity contribution in [1.29, 1.82) is 0 Å². The quantitative estimate of drug-likeness (QED) is 0.422. The van der Waals surface area contributed by atoms with Gasteiger partial charge in [0.05, 0.1) is 25.9 Å². The van der Waals surface area contributed by atoms with E-state index in [1.54, 1.807) is 35.2 Å². The van der Waals surface area contributed by atoms with Gasteiger partial charge in [-0.05, 0) is 57.2 Å². The molecule has 0 aliphatic carbocycles. The van der Waals surface area contributed by atoms with Gasteiger partial charge in [-0.25, -0.2) is 14.2 Å². The van der Waals surface area contributed by atoms with Crippen LogP contribution in [0.1, 0.15) is 36.1 Å². The molecule has 202 valence electrons. The summed E-state index contributed by atoms with van der Waals surface area (Å²) >= 11 is 1.17. The van der Waals surface area contributed by atoms with E-state index in [0.717, 1.165) is 0 Å². The molecule has 1 saturated heterocycles. The number of benzene rings is 2. The maximum absolute atomic E-state index is 13.3. The fraction of sp³-hybridized carbons (Fsp3) is 0.370. The second-order valence-electron chi connectivity index (χ2n) is 9.72. The highest BCUT2D eigenvalue weighted by atomic mass is 32.1. The molecule has 9 nitrogen and oxygen atoms in total. The van der Waals surface area contributed by atoms with E-state index >= 15 is 0 Å². The zero-order valence-corrected chi connectivity index (χ0v) is 22.4. The van der Waals surface area contributed by atoms with Crippen LogP contribution >= 0.6 is 11.3 Å². The molecule has 1 aliphatic rings. The van der Waals surface area contributed by atoms with Crippen LogP contribution in [-0.4, -0.2) is 65.5 Å². The van der Waals surface area contributed by atoms with Gasteiger partial charge in [0.2, 0.25) is 0 Å². The van der Waals surface area contributed by atoms with Crippen molar-refractivity contribution in [2.75, 3.05) is 32.1 Å². The van der Waals surface area contributed by atoms with Crippen molar-refractivity contribution < 1.29 is 33.3 Å². The van der Waals surface area contributed by atoms with E-state index in [1.807, 2.05) is 20.8 Å². The molecule has 2 heterocycles. The number of anilines is 1. The maximum Gasteiger partial charge on any atom is 0.410 e. The Morgan fingerprint density at radius 1 is 1.16 bits per heavy atom. The van der Waals surface area contributed by atoms with Crippen molar-refractivity contribution >= 4 is 29.0 Å². The standard InChI is InChI=1S/C27H30FN3O6S/c1-27(2,3)37-26(34)31-14-19(15-31)36-21-10-9-18(13-22(21)35-4)29-24(33)23-20(11-12-32)30-25(38-23)16-5-7-17(28)8-6-16/h5-10,13,19,32H,11-12,14-15H2,1-4H3,(H,29,33). The van der Waals surface area contributed by atoms with Crippen molar-refractivity contribution in [3.05, 3.63) is 58.9 Å². The van der Waals surface area contributed by atoms with Gasteiger partial charge >= 0.3 is 6.09 Å². The van der Waals surface area contributed by atoms with Crippen LogP contribution in [0.2, 0.25) is 0 Å². The largest absolute Gasteiger partial charge is 0.493 e. The number of thiazole rings is 1. The molecule has 0 saturated carbocycles. The van der Waals surface area contributed by atoms with Crippen molar-refractivity contribution in [1.82, 2.24) is 9.88 Å². The monoisotopic (exact) mass is 543 g/mol. The lowest BCUT2D eigenvalue weighted by atomic mass is 10.1. The third-order valence-corrected chi connectivity index (χ3v) is 6.70. The first-order valence-corrected chi connectivity index (χ1v) is 12.9. The van der Waals surface area contributed by atoms with Crippen LogP contribution in [-0.2, 0) is 11.2 Å². The first kappa shape index (κ1) is 27.3. The molecule has 1 aromatic heterocycles. The van der Waals surface area contributed by atoms with E-state index in [2.05, 4.69) is 10.3 Å². The number of methoxy groups -OCH3 is 1. The summed E-state index contributed by atoms with van der Waals surface area (Å²) in [5.41, 5.74) is 1.06. The molecule has 0 bridgehead atoms. The van der Waals surface area contributed by atoms with Gasteiger partial charge in [0.25, 0.3) is 5.91 Å². The molecule has 0 unspecified atom stereocenters. The normalized spacial score (nSPS) is 13.6. The average molecular weight is 544 g/mol. The summed E-state index contributed by atoms with van der Waals surface area (Å²) in [6, 6.07) is 10.9. The van der Waals surface area contributed by atoms with Gasteiger partial charge in [0.15, 0.2) is 11.5 Å². The van der Waals surface area contributed by atoms with Crippen molar-refractivity contribution in [3.8, 4) is 22.1 Å². The Kier molecular flexibility index (Phi) is 8.17. The minimum atomic E-state index is -0.562. The van der Waals surface area contributed by atoms with Crippen LogP contribution in [0.5, 0.6) is 11.5 Å². The smallest absolute Gasteiger partial charge is 0.410 e. The van der Waals surface area contributed by atoms with E-state index in [-0.39, 0.29) is 36.9 Å². The molecule has 1 fully saturated rings. The van der Waals surface area contributed by atoms with Gasteiger partial charge in [-0.2, -0.15) is 0 Å². The first-order valence-electron chi connectivity index (χ1n) is 12.1. The van der Waals surface area contributed by atoms with Gasteiger partial charge in [-0.15, -0.1) is 11.3 Å². The molecule has 2 aromatic carbocycles. The number of nitrogens with one attached hydrogen (secondary N) is 1. The summed E-state index contributed by atoms with van der Waals surface area (Å²) in [6.45, 7) is 6.07. The lowest BCUT2D eigenvalue weighted by Gasteiger charge is -2.39. The van der Waals surface area contributed by atoms with Crippen LogP contribution in [0.3, 0.4) is 0 Å². The Labute approximate surface area is 224 Å². The molecule has 1 aliphatic heterocycles. The summed E-state index contributed by atoms with van der Waals surface area (Å²) < 4.78 is 30.1. The van der Waals surface area contributed by atoms with Crippen LogP contribution in [0, 0.1) is 5.82 Å². The summed E-state index contributed by atoms with van der Waals surface area (Å²) in [6.07, 6.45) is -0.383. The van der Waals surface area contributed by atoms with Crippen LogP contribution < -0.4 is 14.8 Å². The molecule has 38 heavy (non-hydrogen) atoms. The molecule has 3 aromatic rings. The Balaban J connectivity index is 1.42. The summed E-state index contributed by atoms with van der Waals surface area (Å²) in [7, 11) is 1.50. The molecule has 4 rings (SSSR count). The number of nitrogens with zero attached hydrogens (tertiary/aromatic N) is 2. The zero-order chi connectivity index (χ0) is 27.4. The Hall–Kier alpha value is -3.70. The number of rotatable bonds is 8. The highest BCUT2D eigenvalue weighted by Gasteiger charge is 2.35. The zero-order valence-electron chi connectivity index (χ0n) is 21.6. The third kappa shape index (κ3) is 6.59. The van der Waals surface area contributed by atoms with E-state index in [9.17, 15) is 19.1 Å². The summed E-state index contributed by atoms with van der Waals surface area (Å²) in [4.78, 5) is 31.7. The number of carbonyl (C=O) groups is 2. The second kappa shape index (κ2) is 11.4.